The number of anilines is 1. The van der Waals surface area contributed by atoms with Gasteiger partial charge in [-0.2, -0.15) is 0 Å². The van der Waals surface area contributed by atoms with Gasteiger partial charge in [0.25, 0.3) is 5.91 Å². The van der Waals surface area contributed by atoms with E-state index < -0.39 is 0 Å². The van der Waals surface area contributed by atoms with E-state index in [0.29, 0.717) is 27.2 Å². The number of carbonyl (C=O) groups excluding carboxylic acids is 1. The summed E-state index contributed by atoms with van der Waals surface area (Å²) in [4.78, 5) is 23.8. The lowest BCUT2D eigenvalue weighted by Crippen LogP contribution is -2.29. The number of amides is 1. The van der Waals surface area contributed by atoms with Crippen molar-refractivity contribution >= 4 is 50.3 Å². The minimum absolute atomic E-state index is 0.222. The summed E-state index contributed by atoms with van der Waals surface area (Å²) < 4.78 is 11.5. The highest BCUT2D eigenvalue weighted by Crippen LogP contribution is 2.34. The van der Waals surface area contributed by atoms with Gasteiger partial charge in [-0.25, -0.2) is 4.98 Å². The standard InChI is InChI=1S/C24H20ClN3O3S/c1-30-19-11-9-16(14-20(19)31-2)10-12-22(29)28(15-17-6-3-4-13-26-17)24-27-23-18(25)7-5-8-21(23)32-24/h3-14H,15H2,1-2H3/b12-10+. The molecule has 8 heteroatoms. The van der Waals surface area contributed by atoms with Crippen LogP contribution >= 0.6 is 22.9 Å². The highest BCUT2D eigenvalue weighted by Gasteiger charge is 2.20. The maximum atomic E-state index is 13.2. The number of rotatable bonds is 7. The minimum Gasteiger partial charge on any atom is -0.493 e. The molecule has 2 heterocycles. The molecule has 0 N–H and O–H groups in total. The average molecular weight is 466 g/mol. The highest BCUT2D eigenvalue weighted by molar-refractivity contribution is 7.22. The van der Waals surface area contributed by atoms with Crippen molar-refractivity contribution in [3.05, 3.63) is 83.2 Å². The van der Waals surface area contributed by atoms with Crippen LogP contribution in [0.25, 0.3) is 16.3 Å². The Morgan fingerprint density at radius 3 is 2.66 bits per heavy atom. The van der Waals surface area contributed by atoms with Crippen LogP contribution in [0.2, 0.25) is 5.02 Å². The average Bonchev–Trinajstić information content (AvgIpc) is 3.27. The zero-order valence-corrected chi connectivity index (χ0v) is 19.1. The van der Waals surface area contributed by atoms with Gasteiger partial charge >= 0.3 is 0 Å². The predicted octanol–water partition coefficient (Wildman–Crippen LogP) is 5.61. The number of halogens is 1. The number of benzene rings is 2. The SMILES string of the molecule is COc1ccc(/C=C/C(=O)N(Cc2ccccn2)c2nc3c(Cl)cccc3s2)cc1OC. The molecule has 0 saturated heterocycles. The smallest absolute Gasteiger partial charge is 0.253 e. The Bertz CT molecular complexity index is 1270. The summed E-state index contributed by atoms with van der Waals surface area (Å²) in [7, 11) is 3.15. The molecule has 2 aromatic carbocycles. The first-order valence-electron chi connectivity index (χ1n) is 9.75. The number of hydrogen-bond acceptors (Lipinski definition) is 6. The number of fused-ring (bicyclic) bond motifs is 1. The Hall–Kier alpha value is -3.42. The number of pyridine rings is 1. The van der Waals surface area contributed by atoms with Crippen LogP contribution in [0.3, 0.4) is 0 Å². The molecule has 0 unspecified atom stereocenters. The summed E-state index contributed by atoms with van der Waals surface area (Å²) in [6, 6.07) is 16.6. The molecular weight excluding hydrogens is 446 g/mol. The van der Waals surface area contributed by atoms with Crippen LogP contribution in [0.1, 0.15) is 11.3 Å². The van der Waals surface area contributed by atoms with Gasteiger partial charge < -0.3 is 9.47 Å². The first-order chi connectivity index (χ1) is 15.6. The van der Waals surface area contributed by atoms with Gasteiger partial charge in [0.05, 0.1) is 36.2 Å². The quantitative estimate of drug-likeness (QED) is 0.332. The van der Waals surface area contributed by atoms with Gasteiger partial charge in [0, 0.05) is 12.3 Å². The van der Waals surface area contributed by atoms with Gasteiger partial charge in [-0.1, -0.05) is 41.1 Å². The second-order valence-electron chi connectivity index (χ2n) is 6.78. The summed E-state index contributed by atoms with van der Waals surface area (Å²) in [5.74, 6) is 0.994. The van der Waals surface area contributed by atoms with E-state index in [4.69, 9.17) is 21.1 Å². The Morgan fingerprint density at radius 1 is 1.09 bits per heavy atom. The Kier molecular flexibility index (Phi) is 6.68. The molecule has 4 aromatic rings. The minimum atomic E-state index is -0.222. The van der Waals surface area contributed by atoms with Gasteiger partial charge in [0.1, 0.15) is 5.52 Å². The number of thiazole rings is 1. The normalized spacial score (nSPS) is 11.1. The fourth-order valence-electron chi connectivity index (χ4n) is 3.13. The zero-order chi connectivity index (χ0) is 22.5. The molecule has 0 aliphatic rings. The van der Waals surface area contributed by atoms with Crippen molar-refractivity contribution in [2.45, 2.75) is 6.54 Å². The number of ether oxygens (including phenoxy) is 2. The molecule has 2 aromatic heterocycles. The first-order valence-corrected chi connectivity index (χ1v) is 10.9. The number of carbonyl (C=O) groups is 1. The number of methoxy groups -OCH3 is 2. The summed E-state index contributed by atoms with van der Waals surface area (Å²) in [6.07, 6.45) is 4.94. The van der Waals surface area contributed by atoms with Gasteiger partial charge in [0.2, 0.25) is 0 Å². The van der Waals surface area contributed by atoms with E-state index in [9.17, 15) is 4.79 Å². The molecule has 162 valence electrons. The third-order valence-corrected chi connectivity index (χ3v) is 6.08. The van der Waals surface area contributed by atoms with E-state index in [0.717, 1.165) is 16.0 Å². The van der Waals surface area contributed by atoms with E-state index >= 15 is 0 Å². The van der Waals surface area contributed by atoms with Crippen molar-refractivity contribution in [1.29, 1.82) is 0 Å². The molecule has 0 fully saturated rings. The molecule has 32 heavy (non-hydrogen) atoms. The van der Waals surface area contributed by atoms with Crippen molar-refractivity contribution in [2.75, 3.05) is 19.1 Å². The van der Waals surface area contributed by atoms with Crippen LogP contribution in [0.15, 0.2) is 66.9 Å². The van der Waals surface area contributed by atoms with Crippen LogP contribution in [-0.2, 0) is 11.3 Å². The van der Waals surface area contributed by atoms with Gasteiger partial charge in [-0.05, 0) is 48.0 Å². The zero-order valence-electron chi connectivity index (χ0n) is 17.5. The predicted molar refractivity (Wildman–Crippen MR) is 129 cm³/mol. The summed E-state index contributed by atoms with van der Waals surface area (Å²) >= 11 is 7.71. The van der Waals surface area contributed by atoms with E-state index in [1.54, 1.807) is 43.5 Å². The molecule has 0 radical (unpaired) electrons. The maximum absolute atomic E-state index is 13.2. The summed E-state index contributed by atoms with van der Waals surface area (Å²) in [6.45, 7) is 0.285. The van der Waals surface area contributed by atoms with Crippen molar-refractivity contribution in [2.24, 2.45) is 0 Å². The number of para-hydroxylation sites is 1. The number of aromatic nitrogens is 2. The van der Waals surface area contributed by atoms with E-state index in [-0.39, 0.29) is 12.5 Å². The molecule has 1 amide bonds. The molecule has 0 spiro atoms. The van der Waals surface area contributed by atoms with E-state index in [1.807, 2.05) is 42.5 Å². The monoisotopic (exact) mass is 465 g/mol. The van der Waals surface area contributed by atoms with Crippen molar-refractivity contribution < 1.29 is 14.3 Å². The van der Waals surface area contributed by atoms with Crippen LogP contribution < -0.4 is 14.4 Å². The van der Waals surface area contributed by atoms with Crippen molar-refractivity contribution in [1.82, 2.24) is 9.97 Å². The largest absolute Gasteiger partial charge is 0.493 e. The number of nitrogens with zero attached hydrogens (tertiary/aromatic N) is 3. The summed E-state index contributed by atoms with van der Waals surface area (Å²) in [5, 5.41) is 1.11. The lowest BCUT2D eigenvalue weighted by atomic mass is 10.2. The molecule has 4 rings (SSSR count). The Labute approximate surface area is 194 Å². The van der Waals surface area contributed by atoms with Crippen molar-refractivity contribution in [3.8, 4) is 11.5 Å². The second kappa shape index (κ2) is 9.80. The topological polar surface area (TPSA) is 64.5 Å². The second-order valence-corrected chi connectivity index (χ2v) is 8.19. The van der Waals surface area contributed by atoms with Crippen LogP contribution in [0.5, 0.6) is 11.5 Å². The molecule has 0 atom stereocenters. The Balaban J connectivity index is 1.66. The molecule has 0 aliphatic heterocycles. The van der Waals surface area contributed by atoms with Crippen LogP contribution in [-0.4, -0.2) is 30.1 Å². The van der Waals surface area contributed by atoms with Crippen LogP contribution in [0, 0.1) is 0 Å². The lowest BCUT2D eigenvalue weighted by Gasteiger charge is -2.17. The third kappa shape index (κ3) is 4.74. The molecular formula is C24H20ClN3O3S. The van der Waals surface area contributed by atoms with E-state index in [1.165, 1.54) is 17.4 Å². The maximum Gasteiger partial charge on any atom is 0.253 e. The third-order valence-electron chi connectivity index (χ3n) is 4.73. The fourth-order valence-corrected chi connectivity index (χ4v) is 4.40. The van der Waals surface area contributed by atoms with Gasteiger partial charge in [0.15, 0.2) is 16.6 Å². The fraction of sp³-hybridized carbons (Fsp3) is 0.125. The van der Waals surface area contributed by atoms with E-state index in [2.05, 4.69) is 9.97 Å². The molecule has 0 bridgehead atoms. The lowest BCUT2D eigenvalue weighted by molar-refractivity contribution is -0.114. The molecule has 0 saturated carbocycles. The van der Waals surface area contributed by atoms with Gasteiger partial charge in [-0.15, -0.1) is 0 Å². The Morgan fingerprint density at radius 2 is 1.94 bits per heavy atom. The van der Waals surface area contributed by atoms with Crippen molar-refractivity contribution in [3.63, 3.8) is 0 Å². The molecule has 0 aliphatic carbocycles. The highest BCUT2D eigenvalue weighted by atomic mass is 35.5. The van der Waals surface area contributed by atoms with Crippen LogP contribution in [0.4, 0.5) is 5.13 Å². The first kappa shape index (κ1) is 21.8. The number of hydrogen-bond donors (Lipinski definition) is 0. The van der Waals surface area contributed by atoms with Gasteiger partial charge in [-0.3, -0.25) is 14.7 Å². The molecule has 6 nitrogen and oxygen atoms in total. The summed E-state index contributed by atoms with van der Waals surface area (Å²) in [5.41, 5.74) is 2.24.